The molecule has 3 rings (SSSR count). The summed E-state index contributed by atoms with van der Waals surface area (Å²) in [5, 5.41) is 6.16. The van der Waals surface area contributed by atoms with Gasteiger partial charge in [-0.1, -0.05) is 12.1 Å². The molecule has 0 saturated carbocycles. The summed E-state index contributed by atoms with van der Waals surface area (Å²) in [4.78, 5) is 16.7. The van der Waals surface area contributed by atoms with Gasteiger partial charge in [0.25, 0.3) is 5.91 Å². The van der Waals surface area contributed by atoms with Crippen LogP contribution in [0.3, 0.4) is 0 Å². The zero-order valence-corrected chi connectivity index (χ0v) is 14.5. The number of piperidine rings is 1. The van der Waals surface area contributed by atoms with Crippen molar-refractivity contribution in [3.8, 4) is 11.5 Å². The molecule has 25 heavy (non-hydrogen) atoms. The number of aromatic nitrogens is 1. The molecular weight excluding hydrogens is 322 g/mol. The summed E-state index contributed by atoms with van der Waals surface area (Å²) >= 11 is 0. The Morgan fingerprint density at radius 3 is 3.00 bits per heavy atom. The Labute approximate surface area is 146 Å². The lowest BCUT2D eigenvalue weighted by Crippen LogP contribution is -2.28. The van der Waals surface area contributed by atoms with Crippen molar-refractivity contribution in [2.24, 2.45) is 0 Å². The maximum absolute atomic E-state index is 12.3. The molecule has 2 heterocycles. The number of nitrogens with one attached hydrogen (secondary N) is 2. The quantitative estimate of drug-likeness (QED) is 0.834. The van der Waals surface area contributed by atoms with Gasteiger partial charge in [0.05, 0.1) is 14.2 Å². The Kier molecular flexibility index (Phi) is 5.55. The first-order valence-electron chi connectivity index (χ1n) is 8.37. The smallest absolute Gasteiger partial charge is 0.273 e. The molecule has 1 atom stereocenters. The number of nitrogens with zero attached hydrogens (tertiary/aromatic N) is 1. The first-order valence-corrected chi connectivity index (χ1v) is 8.37. The van der Waals surface area contributed by atoms with E-state index in [1.54, 1.807) is 14.2 Å². The number of carbonyl (C=O) groups is 1. The molecule has 7 nitrogen and oxygen atoms in total. The maximum Gasteiger partial charge on any atom is 0.273 e. The van der Waals surface area contributed by atoms with E-state index in [9.17, 15) is 4.79 Å². The van der Waals surface area contributed by atoms with Gasteiger partial charge in [-0.2, -0.15) is 0 Å². The summed E-state index contributed by atoms with van der Waals surface area (Å²) in [6.07, 6.45) is 3.53. The number of methoxy groups -OCH3 is 2. The van der Waals surface area contributed by atoms with Crippen LogP contribution in [0.25, 0.3) is 0 Å². The largest absolute Gasteiger partial charge is 0.493 e. The van der Waals surface area contributed by atoms with Gasteiger partial charge in [0.2, 0.25) is 0 Å². The fraction of sp³-hybridized carbons (Fsp3) is 0.444. The second kappa shape index (κ2) is 8.02. The predicted octanol–water partition coefficient (Wildman–Crippen LogP) is 2.09. The van der Waals surface area contributed by atoms with Crippen LogP contribution >= 0.6 is 0 Å². The second-order valence-electron chi connectivity index (χ2n) is 5.95. The minimum Gasteiger partial charge on any atom is -0.493 e. The number of carbonyl (C=O) groups excluding carboxylic acids is 1. The number of benzene rings is 1. The maximum atomic E-state index is 12.3. The van der Waals surface area contributed by atoms with Crippen molar-refractivity contribution in [1.82, 2.24) is 15.6 Å². The molecule has 2 N–H and O–H groups in total. The molecular formula is C18H23N3O4. The fourth-order valence-electron chi connectivity index (χ4n) is 3.00. The van der Waals surface area contributed by atoms with Gasteiger partial charge < -0.3 is 24.5 Å². The minimum absolute atomic E-state index is 0.230. The fourth-order valence-corrected chi connectivity index (χ4v) is 3.00. The molecule has 1 saturated heterocycles. The zero-order valence-electron chi connectivity index (χ0n) is 14.5. The molecule has 0 bridgehead atoms. The first kappa shape index (κ1) is 17.3. The molecule has 1 fully saturated rings. The van der Waals surface area contributed by atoms with Crippen LogP contribution in [0, 0.1) is 0 Å². The summed E-state index contributed by atoms with van der Waals surface area (Å²) in [5.74, 6) is 1.82. The monoisotopic (exact) mass is 345 g/mol. The lowest BCUT2D eigenvalue weighted by atomic mass is 10.00. The molecule has 1 aliphatic heterocycles. The molecule has 1 aromatic heterocycles. The van der Waals surface area contributed by atoms with Crippen LogP contribution in [-0.4, -0.2) is 38.2 Å². The van der Waals surface area contributed by atoms with Gasteiger partial charge in [-0.3, -0.25) is 4.79 Å². The highest BCUT2D eigenvalue weighted by atomic mass is 16.5. The van der Waals surface area contributed by atoms with Crippen molar-refractivity contribution in [1.29, 1.82) is 0 Å². The second-order valence-corrected chi connectivity index (χ2v) is 5.95. The van der Waals surface area contributed by atoms with Crippen LogP contribution in [0.1, 0.15) is 40.7 Å². The van der Waals surface area contributed by atoms with Crippen molar-refractivity contribution in [2.45, 2.75) is 25.3 Å². The average Bonchev–Trinajstić information content (AvgIpc) is 3.16. The van der Waals surface area contributed by atoms with Gasteiger partial charge >= 0.3 is 0 Å². The summed E-state index contributed by atoms with van der Waals surface area (Å²) in [7, 11) is 3.16. The van der Waals surface area contributed by atoms with E-state index in [2.05, 4.69) is 15.6 Å². The van der Waals surface area contributed by atoms with Crippen molar-refractivity contribution in [2.75, 3.05) is 27.3 Å². The van der Waals surface area contributed by atoms with Crippen LogP contribution in [0.4, 0.5) is 0 Å². The number of hydrogen-bond donors (Lipinski definition) is 2. The number of oxazole rings is 1. The number of para-hydroxylation sites is 1. The molecule has 1 aromatic carbocycles. The van der Waals surface area contributed by atoms with Crippen LogP contribution in [0.2, 0.25) is 0 Å². The van der Waals surface area contributed by atoms with E-state index in [1.807, 2.05) is 18.2 Å². The highest BCUT2D eigenvalue weighted by Gasteiger charge is 2.22. The van der Waals surface area contributed by atoms with Crippen LogP contribution in [0.5, 0.6) is 11.5 Å². The molecule has 0 aliphatic carbocycles. The van der Waals surface area contributed by atoms with E-state index in [-0.39, 0.29) is 11.8 Å². The molecule has 0 spiro atoms. The summed E-state index contributed by atoms with van der Waals surface area (Å²) < 4.78 is 16.1. The minimum atomic E-state index is -0.274. The van der Waals surface area contributed by atoms with Gasteiger partial charge in [0.1, 0.15) is 6.26 Å². The Morgan fingerprint density at radius 1 is 1.40 bits per heavy atom. The average molecular weight is 345 g/mol. The van der Waals surface area contributed by atoms with Crippen LogP contribution in [-0.2, 0) is 6.54 Å². The predicted molar refractivity (Wildman–Crippen MR) is 92.1 cm³/mol. The van der Waals surface area contributed by atoms with Crippen molar-refractivity contribution in [3.05, 3.63) is 41.6 Å². The topological polar surface area (TPSA) is 85.6 Å². The highest BCUT2D eigenvalue weighted by molar-refractivity contribution is 5.91. The third-order valence-corrected chi connectivity index (χ3v) is 4.32. The molecule has 0 radical (unpaired) electrons. The van der Waals surface area contributed by atoms with Gasteiger partial charge in [0.15, 0.2) is 23.1 Å². The molecule has 1 amide bonds. The Hall–Kier alpha value is -2.54. The van der Waals surface area contributed by atoms with Gasteiger partial charge in [-0.25, -0.2) is 4.98 Å². The van der Waals surface area contributed by atoms with Crippen molar-refractivity contribution >= 4 is 5.91 Å². The van der Waals surface area contributed by atoms with E-state index in [0.29, 0.717) is 29.6 Å². The lowest BCUT2D eigenvalue weighted by Gasteiger charge is -2.19. The van der Waals surface area contributed by atoms with E-state index in [0.717, 1.165) is 31.5 Å². The molecule has 7 heteroatoms. The van der Waals surface area contributed by atoms with E-state index in [4.69, 9.17) is 13.9 Å². The standard InChI is InChI=1S/C18H23N3O4/c1-23-15-7-3-5-12(16(15)24-2)10-20-17(22)14-11-25-18(21-14)13-6-4-8-19-9-13/h3,5,7,11,13,19H,4,6,8-10H2,1-2H3,(H,20,22). The van der Waals surface area contributed by atoms with Crippen LogP contribution in [0.15, 0.2) is 28.9 Å². The lowest BCUT2D eigenvalue weighted by molar-refractivity contribution is 0.0945. The van der Waals surface area contributed by atoms with Crippen LogP contribution < -0.4 is 20.1 Å². The summed E-state index contributed by atoms with van der Waals surface area (Å²) in [5.41, 5.74) is 1.12. The summed E-state index contributed by atoms with van der Waals surface area (Å²) in [6.45, 7) is 2.17. The van der Waals surface area contributed by atoms with E-state index in [1.165, 1.54) is 6.26 Å². The van der Waals surface area contributed by atoms with Crippen molar-refractivity contribution in [3.63, 3.8) is 0 Å². The Balaban J connectivity index is 1.64. The molecule has 2 aromatic rings. The van der Waals surface area contributed by atoms with Gasteiger partial charge in [0, 0.05) is 24.6 Å². The number of amides is 1. The normalized spacial score (nSPS) is 17.1. The van der Waals surface area contributed by atoms with E-state index >= 15 is 0 Å². The molecule has 1 aliphatic rings. The van der Waals surface area contributed by atoms with Gasteiger partial charge in [-0.05, 0) is 25.5 Å². The summed E-state index contributed by atoms with van der Waals surface area (Å²) in [6, 6.07) is 5.54. The number of rotatable bonds is 6. The number of hydrogen-bond acceptors (Lipinski definition) is 6. The third-order valence-electron chi connectivity index (χ3n) is 4.32. The van der Waals surface area contributed by atoms with Gasteiger partial charge in [-0.15, -0.1) is 0 Å². The zero-order chi connectivity index (χ0) is 17.6. The highest BCUT2D eigenvalue weighted by Crippen LogP contribution is 2.30. The Morgan fingerprint density at radius 2 is 2.28 bits per heavy atom. The third kappa shape index (κ3) is 3.93. The Bertz CT molecular complexity index is 723. The molecule has 134 valence electrons. The van der Waals surface area contributed by atoms with Crippen molar-refractivity contribution < 1.29 is 18.7 Å². The first-order chi connectivity index (χ1) is 12.2. The SMILES string of the molecule is COc1cccc(CNC(=O)c2coc(C3CCCNC3)n2)c1OC. The number of ether oxygens (including phenoxy) is 2. The van der Waals surface area contributed by atoms with E-state index < -0.39 is 0 Å². The molecule has 1 unspecified atom stereocenters.